The van der Waals surface area contributed by atoms with Crippen LogP contribution in [0.1, 0.15) is 50.2 Å². The Kier molecular flexibility index (Phi) is 4.62. The Balaban J connectivity index is 1.51. The zero-order valence-corrected chi connectivity index (χ0v) is 12.8. The van der Waals surface area contributed by atoms with Gasteiger partial charge in [-0.25, -0.2) is 0 Å². The Morgan fingerprint density at radius 2 is 2.05 bits per heavy atom. The van der Waals surface area contributed by atoms with Gasteiger partial charge in [0.1, 0.15) is 0 Å². The lowest BCUT2D eigenvalue weighted by atomic mass is 9.83. The third-order valence-corrected chi connectivity index (χ3v) is 5.05. The lowest BCUT2D eigenvalue weighted by Gasteiger charge is -2.27. The van der Waals surface area contributed by atoms with Crippen LogP contribution in [-0.2, 0) is 13.0 Å². The van der Waals surface area contributed by atoms with Crippen LogP contribution in [0.2, 0.25) is 0 Å². The summed E-state index contributed by atoms with van der Waals surface area (Å²) in [6.45, 7) is 5.73. The highest BCUT2D eigenvalue weighted by Crippen LogP contribution is 2.28. The molecule has 1 heterocycles. The minimum atomic E-state index is 0.902. The van der Waals surface area contributed by atoms with Gasteiger partial charge < -0.3 is 10.6 Å². The van der Waals surface area contributed by atoms with Gasteiger partial charge >= 0.3 is 0 Å². The number of hydrogen-bond donors (Lipinski definition) is 2. The molecule has 110 valence electrons. The van der Waals surface area contributed by atoms with Crippen LogP contribution in [0.15, 0.2) is 18.2 Å². The topological polar surface area (TPSA) is 24.1 Å². The van der Waals surface area contributed by atoms with E-state index in [1.165, 1.54) is 61.9 Å². The van der Waals surface area contributed by atoms with Crippen LogP contribution in [0.3, 0.4) is 0 Å². The van der Waals surface area contributed by atoms with Crippen molar-refractivity contribution in [1.82, 2.24) is 5.32 Å². The maximum absolute atomic E-state index is 3.70. The van der Waals surface area contributed by atoms with Crippen molar-refractivity contribution in [2.75, 3.05) is 18.4 Å². The maximum Gasteiger partial charge on any atom is 0.0418 e. The normalized spacial score (nSPS) is 25.9. The van der Waals surface area contributed by atoms with Gasteiger partial charge in [0.2, 0.25) is 0 Å². The summed E-state index contributed by atoms with van der Waals surface area (Å²) in [5.41, 5.74) is 4.36. The quantitative estimate of drug-likeness (QED) is 0.867. The van der Waals surface area contributed by atoms with Crippen molar-refractivity contribution < 1.29 is 0 Å². The third kappa shape index (κ3) is 3.35. The van der Waals surface area contributed by atoms with Gasteiger partial charge in [-0.05, 0) is 55.2 Å². The number of fused-ring (bicyclic) bond motifs is 1. The molecule has 0 radical (unpaired) electrons. The fraction of sp³-hybridized carbons (Fsp3) is 0.667. The predicted molar refractivity (Wildman–Crippen MR) is 86.1 cm³/mol. The van der Waals surface area contributed by atoms with E-state index in [0.29, 0.717) is 0 Å². The number of anilines is 1. The van der Waals surface area contributed by atoms with Crippen molar-refractivity contribution in [2.24, 2.45) is 11.8 Å². The summed E-state index contributed by atoms with van der Waals surface area (Å²) in [6.07, 6.45) is 8.18. The summed E-state index contributed by atoms with van der Waals surface area (Å²) in [6, 6.07) is 6.76. The fourth-order valence-corrected chi connectivity index (χ4v) is 3.67. The number of para-hydroxylation sites is 1. The Hall–Kier alpha value is -1.02. The SMILES string of the molecule is CC1CCC(CNCc2cccc3c2NCCC3)CC1. The zero-order valence-electron chi connectivity index (χ0n) is 12.8. The van der Waals surface area contributed by atoms with Crippen molar-refractivity contribution in [3.8, 4) is 0 Å². The molecule has 0 atom stereocenters. The van der Waals surface area contributed by atoms with Crippen LogP contribution < -0.4 is 10.6 Å². The molecule has 2 aliphatic rings. The lowest BCUT2D eigenvalue weighted by molar-refractivity contribution is 0.281. The van der Waals surface area contributed by atoms with E-state index < -0.39 is 0 Å². The first-order chi connectivity index (χ1) is 9.83. The lowest BCUT2D eigenvalue weighted by Crippen LogP contribution is -2.26. The van der Waals surface area contributed by atoms with E-state index >= 15 is 0 Å². The Labute approximate surface area is 123 Å². The van der Waals surface area contributed by atoms with Gasteiger partial charge in [-0.2, -0.15) is 0 Å². The second kappa shape index (κ2) is 6.62. The highest BCUT2D eigenvalue weighted by atomic mass is 14.9. The second-order valence-electron chi connectivity index (χ2n) is 6.74. The Morgan fingerprint density at radius 3 is 2.90 bits per heavy atom. The standard InChI is InChI=1S/C18H28N2/c1-14-7-9-15(10-8-14)12-19-13-17-5-2-4-16-6-3-11-20-18(16)17/h2,4-5,14-15,19-20H,3,6-13H2,1H3. The molecule has 0 amide bonds. The van der Waals surface area contributed by atoms with E-state index in [-0.39, 0.29) is 0 Å². The van der Waals surface area contributed by atoms with Crippen LogP contribution in [0.25, 0.3) is 0 Å². The minimum absolute atomic E-state index is 0.902. The Morgan fingerprint density at radius 1 is 1.20 bits per heavy atom. The smallest absolute Gasteiger partial charge is 0.0418 e. The molecule has 0 aromatic heterocycles. The van der Waals surface area contributed by atoms with Crippen molar-refractivity contribution >= 4 is 5.69 Å². The molecule has 1 aromatic carbocycles. The van der Waals surface area contributed by atoms with E-state index in [1.807, 2.05) is 0 Å². The van der Waals surface area contributed by atoms with E-state index in [9.17, 15) is 0 Å². The highest BCUT2D eigenvalue weighted by molar-refractivity contribution is 5.59. The first-order valence-corrected chi connectivity index (χ1v) is 8.38. The molecule has 0 spiro atoms. The molecule has 0 bridgehead atoms. The number of aryl methyl sites for hydroxylation is 1. The summed E-state index contributed by atoms with van der Waals surface area (Å²) >= 11 is 0. The van der Waals surface area contributed by atoms with Crippen molar-refractivity contribution in [3.63, 3.8) is 0 Å². The number of hydrogen-bond acceptors (Lipinski definition) is 2. The first-order valence-electron chi connectivity index (χ1n) is 8.38. The molecule has 3 rings (SSSR count). The van der Waals surface area contributed by atoms with Crippen LogP contribution >= 0.6 is 0 Å². The monoisotopic (exact) mass is 272 g/mol. The number of benzene rings is 1. The molecule has 0 saturated heterocycles. The van der Waals surface area contributed by atoms with Gasteiger partial charge in [0.25, 0.3) is 0 Å². The van der Waals surface area contributed by atoms with Crippen LogP contribution in [-0.4, -0.2) is 13.1 Å². The molecule has 1 saturated carbocycles. The highest BCUT2D eigenvalue weighted by Gasteiger charge is 2.18. The maximum atomic E-state index is 3.70. The molecular weight excluding hydrogens is 244 g/mol. The Bertz CT molecular complexity index is 433. The summed E-state index contributed by atoms with van der Waals surface area (Å²) in [5.74, 6) is 1.86. The van der Waals surface area contributed by atoms with Gasteiger partial charge in [-0.3, -0.25) is 0 Å². The first kappa shape index (κ1) is 13.9. The van der Waals surface area contributed by atoms with E-state index in [0.717, 1.165) is 24.9 Å². The average Bonchev–Trinajstić information content (AvgIpc) is 2.49. The van der Waals surface area contributed by atoms with Gasteiger partial charge in [0, 0.05) is 18.8 Å². The molecule has 20 heavy (non-hydrogen) atoms. The molecule has 1 aliphatic heterocycles. The third-order valence-electron chi connectivity index (χ3n) is 5.05. The van der Waals surface area contributed by atoms with Crippen molar-refractivity contribution in [1.29, 1.82) is 0 Å². The van der Waals surface area contributed by atoms with E-state index in [4.69, 9.17) is 0 Å². The molecule has 2 nitrogen and oxygen atoms in total. The number of rotatable bonds is 4. The van der Waals surface area contributed by atoms with Crippen LogP contribution in [0.4, 0.5) is 5.69 Å². The molecule has 1 aromatic rings. The molecule has 2 heteroatoms. The van der Waals surface area contributed by atoms with Gasteiger partial charge in [-0.1, -0.05) is 38.0 Å². The minimum Gasteiger partial charge on any atom is -0.385 e. The molecule has 2 N–H and O–H groups in total. The molecule has 0 unspecified atom stereocenters. The summed E-state index contributed by atoms with van der Waals surface area (Å²) in [4.78, 5) is 0. The fourth-order valence-electron chi connectivity index (χ4n) is 3.67. The summed E-state index contributed by atoms with van der Waals surface area (Å²) in [7, 11) is 0. The molecule has 1 aliphatic carbocycles. The zero-order chi connectivity index (χ0) is 13.8. The van der Waals surface area contributed by atoms with Crippen LogP contribution in [0, 0.1) is 11.8 Å². The number of nitrogens with one attached hydrogen (secondary N) is 2. The summed E-state index contributed by atoms with van der Waals surface area (Å²) in [5, 5.41) is 7.28. The summed E-state index contributed by atoms with van der Waals surface area (Å²) < 4.78 is 0. The van der Waals surface area contributed by atoms with Gasteiger partial charge in [-0.15, -0.1) is 0 Å². The molecular formula is C18H28N2. The largest absolute Gasteiger partial charge is 0.385 e. The van der Waals surface area contributed by atoms with Crippen molar-refractivity contribution in [2.45, 2.75) is 52.0 Å². The predicted octanol–water partition coefficient (Wildman–Crippen LogP) is 3.96. The van der Waals surface area contributed by atoms with Crippen LogP contribution in [0.5, 0.6) is 0 Å². The van der Waals surface area contributed by atoms with E-state index in [1.54, 1.807) is 0 Å². The van der Waals surface area contributed by atoms with E-state index in [2.05, 4.69) is 35.8 Å². The van der Waals surface area contributed by atoms with Gasteiger partial charge in [0.15, 0.2) is 0 Å². The average molecular weight is 272 g/mol. The second-order valence-corrected chi connectivity index (χ2v) is 6.74. The van der Waals surface area contributed by atoms with Crippen molar-refractivity contribution in [3.05, 3.63) is 29.3 Å². The molecule has 1 fully saturated rings. The van der Waals surface area contributed by atoms with Gasteiger partial charge in [0.05, 0.1) is 0 Å².